The zero-order valence-corrected chi connectivity index (χ0v) is 9.99. The molecule has 3 nitrogen and oxygen atoms in total. The fourth-order valence-electron chi connectivity index (χ4n) is 1.71. The Kier molecular flexibility index (Phi) is 4.10. The number of carbonyl (C=O) groups excluding carboxylic acids is 1. The van der Waals surface area contributed by atoms with E-state index in [-0.39, 0.29) is 18.9 Å². The summed E-state index contributed by atoms with van der Waals surface area (Å²) in [5, 5.41) is 10.5. The lowest BCUT2D eigenvalue weighted by molar-refractivity contribution is -0.167. The molecule has 0 bridgehead atoms. The minimum atomic E-state index is -0.301. The van der Waals surface area contributed by atoms with Gasteiger partial charge in [0.05, 0.1) is 13.0 Å². The first-order valence-corrected chi connectivity index (χ1v) is 5.83. The Morgan fingerprint density at radius 3 is 1.94 bits per heavy atom. The lowest BCUT2D eigenvalue weighted by Gasteiger charge is -2.15. The largest absolute Gasteiger partial charge is 0.286 e. The van der Waals surface area contributed by atoms with Crippen LogP contribution >= 0.6 is 0 Å². The summed E-state index contributed by atoms with van der Waals surface area (Å²) in [6, 6.07) is 18.8. The first-order valence-electron chi connectivity index (χ1n) is 5.83. The number of carbonyl (C=O) groups is 1. The van der Waals surface area contributed by atoms with Crippen LogP contribution in [0.3, 0.4) is 0 Å². The summed E-state index contributed by atoms with van der Waals surface area (Å²) in [5.41, 5.74) is 1.80. The van der Waals surface area contributed by atoms with Gasteiger partial charge in [-0.1, -0.05) is 60.7 Å². The van der Waals surface area contributed by atoms with Gasteiger partial charge in [-0.3, -0.25) is 10.0 Å². The van der Waals surface area contributed by atoms with Crippen LogP contribution in [0.2, 0.25) is 0 Å². The first kappa shape index (κ1) is 12.3. The monoisotopic (exact) mass is 241 g/mol. The van der Waals surface area contributed by atoms with Gasteiger partial charge in [-0.2, -0.15) is 0 Å². The topological polar surface area (TPSA) is 40.5 Å². The Hall–Kier alpha value is -2.13. The second-order valence-electron chi connectivity index (χ2n) is 4.10. The van der Waals surface area contributed by atoms with Gasteiger partial charge >= 0.3 is 0 Å². The van der Waals surface area contributed by atoms with Gasteiger partial charge in [0.1, 0.15) is 0 Å². The molecule has 18 heavy (non-hydrogen) atoms. The minimum absolute atomic E-state index is 0.212. The van der Waals surface area contributed by atoms with Crippen LogP contribution in [0, 0.1) is 0 Å². The van der Waals surface area contributed by atoms with Crippen molar-refractivity contribution in [3.63, 3.8) is 0 Å². The van der Waals surface area contributed by atoms with Crippen LogP contribution < -0.4 is 0 Å². The molecule has 0 fully saturated rings. The number of benzene rings is 2. The van der Waals surface area contributed by atoms with Gasteiger partial charge in [-0.05, 0) is 11.1 Å². The molecule has 2 rings (SSSR count). The van der Waals surface area contributed by atoms with Gasteiger partial charge in [0.25, 0.3) is 5.91 Å². The molecule has 1 N–H and O–H groups in total. The van der Waals surface area contributed by atoms with Crippen LogP contribution in [0.5, 0.6) is 0 Å². The average molecular weight is 241 g/mol. The molecular weight excluding hydrogens is 226 g/mol. The number of hydrogen-bond acceptors (Lipinski definition) is 2. The van der Waals surface area contributed by atoms with E-state index in [1.165, 1.54) is 0 Å². The number of rotatable bonds is 4. The number of nitrogens with zero attached hydrogens (tertiary/aromatic N) is 1. The van der Waals surface area contributed by atoms with Crippen molar-refractivity contribution in [1.82, 2.24) is 5.06 Å². The first-order chi connectivity index (χ1) is 8.75. The van der Waals surface area contributed by atoms with Crippen molar-refractivity contribution in [3.8, 4) is 0 Å². The molecule has 92 valence electrons. The fraction of sp³-hybridized carbons (Fsp3) is 0.133. The molecule has 1 amide bonds. The maximum absolute atomic E-state index is 11.8. The van der Waals surface area contributed by atoms with Crippen LogP contribution in [0.25, 0.3) is 0 Å². The van der Waals surface area contributed by atoms with Crippen LogP contribution in [0.4, 0.5) is 0 Å². The maximum Gasteiger partial charge on any atom is 0.250 e. The van der Waals surface area contributed by atoms with Crippen molar-refractivity contribution in [3.05, 3.63) is 71.8 Å². The molecule has 0 saturated carbocycles. The van der Waals surface area contributed by atoms with E-state index in [4.69, 9.17) is 0 Å². The Morgan fingerprint density at radius 2 is 1.39 bits per heavy atom. The normalized spacial score (nSPS) is 10.1. The lowest BCUT2D eigenvalue weighted by atomic mass is 10.1. The van der Waals surface area contributed by atoms with E-state index in [2.05, 4.69) is 0 Å². The minimum Gasteiger partial charge on any atom is -0.286 e. The second-order valence-corrected chi connectivity index (χ2v) is 4.10. The molecule has 0 aliphatic rings. The van der Waals surface area contributed by atoms with E-state index in [1.54, 1.807) is 0 Å². The van der Waals surface area contributed by atoms with Crippen molar-refractivity contribution in [2.75, 3.05) is 0 Å². The van der Waals surface area contributed by atoms with E-state index in [1.807, 2.05) is 60.7 Å². The highest BCUT2D eigenvalue weighted by atomic mass is 16.5. The molecule has 2 aromatic rings. The third-order valence-electron chi connectivity index (χ3n) is 2.66. The highest BCUT2D eigenvalue weighted by Gasteiger charge is 2.11. The number of amides is 1. The molecule has 0 saturated heterocycles. The summed E-state index contributed by atoms with van der Waals surface area (Å²) in [4.78, 5) is 11.8. The van der Waals surface area contributed by atoms with Crippen molar-refractivity contribution in [1.29, 1.82) is 0 Å². The SMILES string of the molecule is O=C(Cc1ccccc1)N(O)Cc1ccccc1. The highest BCUT2D eigenvalue weighted by Crippen LogP contribution is 2.06. The summed E-state index contributed by atoms with van der Waals surface area (Å²) >= 11 is 0. The van der Waals surface area contributed by atoms with E-state index < -0.39 is 0 Å². The predicted octanol–water partition coefficient (Wildman–Crippen LogP) is 2.65. The van der Waals surface area contributed by atoms with Gasteiger partial charge in [-0.15, -0.1) is 0 Å². The quantitative estimate of drug-likeness (QED) is 0.660. The van der Waals surface area contributed by atoms with Gasteiger partial charge in [-0.25, -0.2) is 5.06 Å². The van der Waals surface area contributed by atoms with Crippen LogP contribution in [-0.4, -0.2) is 16.2 Å². The number of hydrogen-bond donors (Lipinski definition) is 1. The third kappa shape index (κ3) is 3.43. The van der Waals surface area contributed by atoms with Gasteiger partial charge < -0.3 is 0 Å². The molecule has 0 aromatic heterocycles. The standard InChI is InChI=1S/C15H15NO2/c17-15(11-13-7-3-1-4-8-13)16(18)12-14-9-5-2-6-10-14/h1-10,18H,11-12H2. The van der Waals surface area contributed by atoms with E-state index in [9.17, 15) is 10.0 Å². The van der Waals surface area contributed by atoms with Crippen LogP contribution in [-0.2, 0) is 17.8 Å². The third-order valence-corrected chi connectivity index (χ3v) is 2.66. The molecular formula is C15H15NO2. The molecule has 0 radical (unpaired) electrons. The Bertz CT molecular complexity index is 496. The predicted molar refractivity (Wildman–Crippen MR) is 68.9 cm³/mol. The fourth-order valence-corrected chi connectivity index (χ4v) is 1.71. The molecule has 2 aromatic carbocycles. The molecule has 0 spiro atoms. The molecule has 0 aliphatic carbocycles. The van der Waals surface area contributed by atoms with Crippen molar-refractivity contribution in [2.24, 2.45) is 0 Å². The maximum atomic E-state index is 11.8. The second kappa shape index (κ2) is 5.98. The molecule has 3 heteroatoms. The zero-order chi connectivity index (χ0) is 12.8. The van der Waals surface area contributed by atoms with Gasteiger partial charge in [0.2, 0.25) is 0 Å². The lowest BCUT2D eigenvalue weighted by Crippen LogP contribution is -2.28. The average Bonchev–Trinajstić information content (AvgIpc) is 2.41. The van der Waals surface area contributed by atoms with Crippen molar-refractivity contribution in [2.45, 2.75) is 13.0 Å². The zero-order valence-electron chi connectivity index (χ0n) is 9.99. The highest BCUT2D eigenvalue weighted by molar-refractivity contribution is 5.77. The summed E-state index contributed by atoms with van der Waals surface area (Å²) in [5.74, 6) is -0.301. The summed E-state index contributed by atoms with van der Waals surface area (Å²) in [6.45, 7) is 0.215. The Morgan fingerprint density at radius 1 is 0.889 bits per heavy atom. The smallest absolute Gasteiger partial charge is 0.250 e. The molecule has 0 unspecified atom stereocenters. The Balaban J connectivity index is 1.93. The van der Waals surface area contributed by atoms with E-state index >= 15 is 0 Å². The van der Waals surface area contributed by atoms with Crippen molar-refractivity contribution < 1.29 is 10.0 Å². The van der Waals surface area contributed by atoms with E-state index in [0.717, 1.165) is 16.2 Å². The summed E-state index contributed by atoms with van der Waals surface area (Å²) in [7, 11) is 0. The Labute approximate surface area is 106 Å². The van der Waals surface area contributed by atoms with Crippen LogP contribution in [0.1, 0.15) is 11.1 Å². The summed E-state index contributed by atoms with van der Waals surface area (Å²) < 4.78 is 0. The van der Waals surface area contributed by atoms with Gasteiger partial charge in [0.15, 0.2) is 0 Å². The van der Waals surface area contributed by atoms with Crippen LogP contribution in [0.15, 0.2) is 60.7 Å². The molecule has 0 atom stereocenters. The number of hydroxylamine groups is 2. The molecule has 0 aliphatic heterocycles. The van der Waals surface area contributed by atoms with Gasteiger partial charge in [0, 0.05) is 0 Å². The van der Waals surface area contributed by atoms with E-state index in [0.29, 0.717) is 0 Å². The van der Waals surface area contributed by atoms with Crippen molar-refractivity contribution >= 4 is 5.91 Å². The summed E-state index contributed by atoms with van der Waals surface area (Å²) in [6.07, 6.45) is 0.212. The molecule has 0 heterocycles.